The van der Waals surface area contributed by atoms with Gasteiger partial charge in [0.2, 0.25) is 0 Å². The smallest absolute Gasteiger partial charge is 0.327 e. The third kappa shape index (κ3) is 3.59. The number of rotatable bonds is 4. The van der Waals surface area contributed by atoms with Crippen LogP contribution in [0, 0.1) is 5.92 Å². The van der Waals surface area contributed by atoms with E-state index in [1.807, 2.05) is 24.3 Å². The molecular formula is C15H14BrNO3S2. The Labute approximate surface area is 146 Å². The molecule has 1 aromatic carbocycles. The maximum atomic E-state index is 12.5. The number of thioether (sulfide) groups is 1. The highest BCUT2D eigenvalue weighted by Gasteiger charge is 2.41. The molecule has 0 aliphatic carbocycles. The second-order valence-electron chi connectivity index (χ2n) is 5.13. The molecule has 7 heteroatoms. The minimum absolute atomic E-state index is 0.230. The lowest BCUT2D eigenvalue weighted by Gasteiger charge is -2.26. The fourth-order valence-electron chi connectivity index (χ4n) is 2.12. The van der Waals surface area contributed by atoms with Crippen molar-refractivity contribution in [1.82, 2.24) is 4.90 Å². The van der Waals surface area contributed by atoms with Gasteiger partial charge in [0, 0.05) is 4.47 Å². The summed E-state index contributed by atoms with van der Waals surface area (Å²) in [6.07, 6.45) is 1.73. The van der Waals surface area contributed by atoms with Gasteiger partial charge >= 0.3 is 5.97 Å². The summed E-state index contributed by atoms with van der Waals surface area (Å²) in [5, 5.41) is 9.36. The summed E-state index contributed by atoms with van der Waals surface area (Å²) in [6.45, 7) is 3.52. The first-order valence-corrected chi connectivity index (χ1v) is 8.58. The van der Waals surface area contributed by atoms with Crippen LogP contribution in [-0.2, 0) is 9.59 Å². The minimum atomic E-state index is -1.05. The fraction of sp³-hybridized carbons (Fsp3) is 0.267. The van der Waals surface area contributed by atoms with Crippen LogP contribution in [0.5, 0.6) is 0 Å². The van der Waals surface area contributed by atoms with Crippen LogP contribution in [0.3, 0.4) is 0 Å². The molecule has 22 heavy (non-hydrogen) atoms. The van der Waals surface area contributed by atoms with Gasteiger partial charge in [-0.05, 0) is 29.7 Å². The van der Waals surface area contributed by atoms with Gasteiger partial charge in [0.15, 0.2) is 0 Å². The Hall–Kier alpha value is -1.18. The lowest BCUT2D eigenvalue weighted by Crippen LogP contribution is -2.47. The van der Waals surface area contributed by atoms with Gasteiger partial charge in [0.1, 0.15) is 10.4 Å². The van der Waals surface area contributed by atoms with Crippen LogP contribution in [0.25, 0.3) is 6.08 Å². The summed E-state index contributed by atoms with van der Waals surface area (Å²) < 4.78 is 1.23. The van der Waals surface area contributed by atoms with Gasteiger partial charge in [0.25, 0.3) is 5.91 Å². The highest BCUT2D eigenvalue weighted by atomic mass is 79.9. The van der Waals surface area contributed by atoms with Crippen LogP contribution in [0.4, 0.5) is 0 Å². The Morgan fingerprint density at radius 2 is 1.95 bits per heavy atom. The van der Waals surface area contributed by atoms with Crippen molar-refractivity contribution in [1.29, 1.82) is 0 Å². The van der Waals surface area contributed by atoms with Crippen molar-refractivity contribution in [2.75, 3.05) is 0 Å². The predicted octanol–water partition coefficient (Wildman–Crippen LogP) is 3.76. The summed E-state index contributed by atoms with van der Waals surface area (Å²) in [5.74, 6) is -1.62. The van der Waals surface area contributed by atoms with E-state index in [2.05, 4.69) is 15.9 Å². The Kier molecular flexibility index (Phi) is 5.41. The zero-order valence-electron chi connectivity index (χ0n) is 11.9. The van der Waals surface area contributed by atoms with Gasteiger partial charge in [0.05, 0.1) is 4.91 Å². The number of halogens is 1. The number of thiocarbonyl (C=S) groups is 1. The van der Waals surface area contributed by atoms with E-state index >= 15 is 0 Å². The van der Waals surface area contributed by atoms with Crippen LogP contribution in [-0.4, -0.2) is 32.2 Å². The molecule has 116 valence electrons. The minimum Gasteiger partial charge on any atom is -0.480 e. The lowest BCUT2D eigenvalue weighted by atomic mass is 10.0. The molecule has 1 heterocycles. The number of carboxylic acid groups (broad SMARTS) is 1. The Balaban J connectivity index is 2.32. The molecule has 0 spiro atoms. The van der Waals surface area contributed by atoms with Gasteiger partial charge in [-0.3, -0.25) is 9.69 Å². The number of carboxylic acids is 1. The van der Waals surface area contributed by atoms with Crippen LogP contribution < -0.4 is 0 Å². The van der Waals surface area contributed by atoms with E-state index in [1.165, 1.54) is 4.90 Å². The number of carbonyl (C=O) groups excluding carboxylic acids is 1. The predicted molar refractivity (Wildman–Crippen MR) is 95.4 cm³/mol. The highest BCUT2D eigenvalue weighted by Crippen LogP contribution is 2.35. The molecule has 1 saturated heterocycles. The van der Waals surface area contributed by atoms with Crippen molar-refractivity contribution in [3.63, 3.8) is 0 Å². The molecule has 1 aromatic rings. The van der Waals surface area contributed by atoms with Crippen LogP contribution in [0.15, 0.2) is 33.6 Å². The van der Waals surface area contributed by atoms with E-state index in [1.54, 1.807) is 19.9 Å². The van der Waals surface area contributed by atoms with E-state index in [-0.39, 0.29) is 16.1 Å². The van der Waals surface area contributed by atoms with Crippen molar-refractivity contribution < 1.29 is 14.7 Å². The van der Waals surface area contributed by atoms with Crippen molar-refractivity contribution in [3.8, 4) is 0 Å². The van der Waals surface area contributed by atoms with Gasteiger partial charge in [-0.25, -0.2) is 4.79 Å². The van der Waals surface area contributed by atoms with E-state index in [4.69, 9.17) is 12.2 Å². The molecule has 0 aromatic heterocycles. The largest absolute Gasteiger partial charge is 0.480 e. The number of amides is 1. The second kappa shape index (κ2) is 6.93. The monoisotopic (exact) mass is 399 g/mol. The third-order valence-electron chi connectivity index (χ3n) is 3.15. The van der Waals surface area contributed by atoms with Gasteiger partial charge in [-0.1, -0.05) is 65.9 Å². The first kappa shape index (κ1) is 17.2. The molecule has 1 N–H and O–H groups in total. The van der Waals surface area contributed by atoms with Crippen molar-refractivity contribution in [2.45, 2.75) is 19.9 Å². The van der Waals surface area contributed by atoms with E-state index in [9.17, 15) is 14.7 Å². The van der Waals surface area contributed by atoms with Crippen LogP contribution in [0.1, 0.15) is 19.4 Å². The molecule has 1 amide bonds. The summed E-state index contributed by atoms with van der Waals surface area (Å²) in [7, 11) is 0. The SMILES string of the molecule is CC(C)C(C(=O)O)N1C(=O)/C(=C\c2ccc(Br)cc2)SC1=S. The lowest BCUT2D eigenvalue weighted by molar-refractivity contribution is -0.146. The summed E-state index contributed by atoms with van der Waals surface area (Å²) >= 11 is 9.69. The molecule has 2 rings (SSSR count). The molecule has 0 radical (unpaired) electrons. The zero-order chi connectivity index (χ0) is 16.4. The molecule has 1 aliphatic heterocycles. The summed E-state index contributed by atoms with van der Waals surface area (Å²) in [6, 6.07) is 6.55. The Morgan fingerprint density at radius 3 is 2.45 bits per heavy atom. The number of nitrogens with zero attached hydrogens (tertiary/aromatic N) is 1. The number of benzene rings is 1. The molecule has 0 saturated carbocycles. The first-order chi connectivity index (χ1) is 10.3. The standard InChI is InChI=1S/C15H14BrNO3S2/c1-8(2)12(14(19)20)17-13(18)11(22-15(17)21)7-9-3-5-10(16)6-4-9/h3-8,12H,1-2H3,(H,19,20)/b11-7+. The molecular weight excluding hydrogens is 386 g/mol. The maximum absolute atomic E-state index is 12.5. The summed E-state index contributed by atoms with van der Waals surface area (Å²) in [5.41, 5.74) is 0.861. The maximum Gasteiger partial charge on any atom is 0.327 e. The van der Waals surface area contributed by atoms with Crippen molar-refractivity contribution >= 4 is 62.2 Å². The highest BCUT2D eigenvalue weighted by molar-refractivity contribution is 9.10. The average Bonchev–Trinajstić information content (AvgIpc) is 2.69. The van der Waals surface area contributed by atoms with Crippen molar-refractivity contribution in [2.24, 2.45) is 5.92 Å². The van der Waals surface area contributed by atoms with E-state index < -0.39 is 12.0 Å². The van der Waals surface area contributed by atoms with E-state index in [0.717, 1.165) is 21.8 Å². The third-order valence-corrected chi connectivity index (χ3v) is 5.01. The number of carbonyl (C=O) groups is 2. The molecule has 1 unspecified atom stereocenters. The number of hydrogen-bond donors (Lipinski definition) is 1. The quantitative estimate of drug-likeness (QED) is 0.616. The first-order valence-electron chi connectivity index (χ1n) is 6.56. The van der Waals surface area contributed by atoms with Gasteiger partial charge < -0.3 is 5.11 Å². The van der Waals surface area contributed by atoms with Crippen LogP contribution >= 0.6 is 39.9 Å². The topological polar surface area (TPSA) is 57.6 Å². The number of hydrogen-bond acceptors (Lipinski definition) is 4. The average molecular weight is 400 g/mol. The molecule has 0 bridgehead atoms. The fourth-order valence-corrected chi connectivity index (χ4v) is 3.72. The van der Waals surface area contributed by atoms with E-state index in [0.29, 0.717) is 4.91 Å². The molecule has 4 nitrogen and oxygen atoms in total. The Morgan fingerprint density at radius 1 is 1.36 bits per heavy atom. The van der Waals surface area contributed by atoms with Crippen LogP contribution in [0.2, 0.25) is 0 Å². The number of aliphatic carboxylic acids is 1. The zero-order valence-corrected chi connectivity index (χ0v) is 15.2. The Bertz CT molecular complexity index is 655. The van der Waals surface area contributed by atoms with Gasteiger partial charge in [-0.15, -0.1) is 0 Å². The normalized spacial score (nSPS) is 18.4. The summed E-state index contributed by atoms with van der Waals surface area (Å²) in [4.78, 5) is 25.6. The van der Waals surface area contributed by atoms with Gasteiger partial charge in [-0.2, -0.15) is 0 Å². The molecule has 1 fully saturated rings. The molecule has 1 aliphatic rings. The van der Waals surface area contributed by atoms with Crippen molar-refractivity contribution in [3.05, 3.63) is 39.2 Å². The molecule has 1 atom stereocenters. The second-order valence-corrected chi connectivity index (χ2v) is 7.72.